The first kappa shape index (κ1) is 19.0. The summed E-state index contributed by atoms with van der Waals surface area (Å²) < 4.78 is 37.9. The number of nitrogen functional groups attached to an aromatic ring is 1. The van der Waals surface area contributed by atoms with E-state index >= 15 is 0 Å². The number of benzene rings is 2. The molecule has 7 nitrogen and oxygen atoms in total. The van der Waals surface area contributed by atoms with Crippen LogP contribution in [0.4, 0.5) is 41.9 Å². The van der Waals surface area contributed by atoms with Gasteiger partial charge in [0.05, 0.1) is 11.1 Å². The van der Waals surface area contributed by atoms with E-state index in [2.05, 4.69) is 20.6 Å². The van der Waals surface area contributed by atoms with Crippen LogP contribution in [0.25, 0.3) is 0 Å². The van der Waals surface area contributed by atoms with Gasteiger partial charge in [-0.2, -0.15) is 13.2 Å². The van der Waals surface area contributed by atoms with E-state index in [9.17, 15) is 18.0 Å². The molecule has 0 amide bonds. The van der Waals surface area contributed by atoms with Crippen molar-refractivity contribution in [2.75, 3.05) is 16.4 Å². The van der Waals surface area contributed by atoms with Crippen LogP contribution in [0.1, 0.15) is 15.9 Å². The highest BCUT2D eigenvalue weighted by Crippen LogP contribution is 2.32. The summed E-state index contributed by atoms with van der Waals surface area (Å²) in [6.45, 7) is 0. The number of hydrogen-bond donors (Lipinski definition) is 4. The van der Waals surface area contributed by atoms with Crippen LogP contribution in [0.5, 0.6) is 0 Å². The second kappa shape index (κ2) is 7.43. The fourth-order valence-electron chi connectivity index (χ4n) is 2.31. The number of anilines is 5. The highest BCUT2D eigenvalue weighted by atomic mass is 19.4. The first-order chi connectivity index (χ1) is 13.2. The predicted molar refractivity (Wildman–Crippen MR) is 97.9 cm³/mol. The largest absolute Gasteiger partial charge is 0.478 e. The Bertz CT molecular complexity index is 990. The summed E-state index contributed by atoms with van der Waals surface area (Å²) in [6.07, 6.45) is -3.18. The molecule has 0 aliphatic heterocycles. The van der Waals surface area contributed by atoms with E-state index in [-0.39, 0.29) is 22.9 Å². The first-order valence-corrected chi connectivity index (χ1v) is 7.89. The van der Waals surface area contributed by atoms with E-state index in [0.717, 1.165) is 12.1 Å². The Hall–Kier alpha value is -3.82. The normalized spacial score (nSPS) is 11.1. The van der Waals surface area contributed by atoms with Gasteiger partial charge in [0.1, 0.15) is 12.0 Å². The number of carboxylic acids is 1. The van der Waals surface area contributed by atoms with Crippen LogP contribution in [0.2, 0.25) is 0 Å². The molecule has 0 aliphatic carbocycles. The average Bonchev–Trinajstić information content (AvgIpc) is 2.65. The Morgan fingerprint density at radius 1 is 0.893 bits per heavy atom. The lowest BCUT2D eigenvalue weighted by atomic mass is 10.2. The first-order valence-electron chi connectivity index (χ1n) is 7.89. The van der Waals surface area contributed by atoms with Gasteiger partial charge in [-0.05, 0) is 48.5 Å². The van der Waals surface area contributed by atoms with Gasteiger partial charge in [-0.1, -0.05) is 0 Å². The summed E-state index contributed by atoms with van der Waals surface area (Å²) in [7, 11) is 0. The summed E-state index contributed by atoms with van der Waals surface area (Å²) in [5.41, 5.74) is 6.47. The molecule has 1 heterocycles. The fourth-order valence-corrected chi connectivity index (χ4v) is 2.31. The Morgan fingerprint density at radius 2 is 1.36 bits per heavy atom. The second-order valence-electron chi connectivity index (χ2n) is 5.69. The molecule has 144 valence electrons. The van der Waals surface area contributed by atoms with Gasteiger partial charge in [-0.25, -0.2) is 14.8 Å². The van der Waals surface area contributed by atoms with Crippen LogP contribution >= 0.6 is 0 Å². The summed E-state index contributed by atoms with van der Waals surface area (Å²) in [5, 5.41) is 14.7. The quantitative estimate of drug-likeness (QED) is 0.516. The zero-order valence-electron chi connectivity index (χ0n) is 14.2. The maximum Gasteiger partial charge on any atom is 0.416 e. The Morgan fingerprint density at radius 3 is 1.79 bits per heavy atom. The molecule has 0 radical (unpaired) electrons. The molecule has 28 heavy (non-hydrogen) atoms. The lowest BCUT2D eigenvalue weighted by molar-refractivity contribution is -0.137. The van der Waals surface area contributed by atoms with Crippen molar-refractivity contribution < 1.29 is 23.1 Å². The number of nitrogens with two attached hydrogens (primary N) is 1. The van der Waals surface area contributed by atoms with Crippen molar-refractivity contribution in [2.24, 2.45) is 0 Å². The molecule has 1 aromatic heterocycles. The van der Waals surface area contributed by atoms with Crippen LogP contribution in [-0.4, -0.2) is 21.0 Å². The van der Waals surface area contributed by atoms with Crippen molar-refractivity contribution in [1.82, 2.24) is 9.97 Å². The zero-order chi connectivity index (χ0) is 20.3. The number of aromatic carboxylic acids is 1. The van der Waals surface area contributed by atoms with Crippen molar-refractivity contribution >= 4 is 34.7 Å². The van der Waals surface area contributed by atoms with Gasteiger partial charge >= 0.3 is 12.1 Å². The maximum atomic E-state index is 12.6. The molecule has 0 bridgehead atoms. The predicted octanol–water partition coefficient (Wildman–Crippen LogP) is 4.26. The van der Waals surface area contributed by atoms with Crippen molar-refractivity contribution in [1.29, 1.82) is 0 Å². The molecule has 0 aliphatic rings. The molecular weight excluding hydrogens is 375 g/mol. The summed E-state index contributed by atoms with van der Waals surface area (Å²) in [5.74, 6) is -0.581. The third-order valence-corrected chi connectivity index (χ3v) is 3.75. The van der Waals surface area contributed by atoms with Crippen LogP contribution in [-0.2, 0) is 6.18 Å². The maximum absolute atomic E-state index is 12.6. The second-order valence-corrected chi connectivity index (χ2v) is 5.69. The lowest BCUT2D eigenvalue weighted by Gasteiger charge is -2.13. The molecule has 2 aromatic carbocycles. The number of hydrogen-bond acceptors (Lipinski definition) is 6. The van der Waals surface area contributed by atoms with Gasteiger partial charge < -0.3 is 21.5 Å². The van der Waals surface area contributed by atoms with Gasteiger partial charge in [-0.3, -0.25) is 0 Å². The van der Waals surface area contributed by atoms with E-state index < -0.39 is 17.7 Å². The van der Waals surface area contributed by atoms with E-state index in [1.807, 2.05) is 0 Å². The van der Waals surface area contributed by atoms with Crippen LogP contribution in [0.15, 0.2) is 54.9 Å². The number of carbonyl (C=O) groups is 1. The van der Waals surface area contributed by atoms with E-state index in [4.69, 9.17) is 10.8 Å². The lowest BCUT2D eigenvalue weighted by Crippen LogP contribution is -2.06. The molecule has 0 unspecified atom stereocenters. The Kier molecular flexibility index (Phi) is 5.03. The number of halogens is 3. The molecule has 3 aromatic rings. The Balaban J connectivity index is 1.78. The van der Waals surface area contributed by atoms with Crippen LogP contribution < -0.4 is 16.4 Å². The SMILES string of the molecule is Nc1c(Nc2ccc(C(=O)O)cc2)ncnc1Nc1ccc(C(F)(F)F)cc1. The van der Waals surface area contributed by atoms with E-state index in [1.165, 1.54) is 30.6 Å². The van der Waals surface area contributed by atoms with Crippen LogP contribution in [0, 0.1) is 0 Å². The van der Waals surface area contributed by atoms with E-state index in [1.54, 1.807) is 12.1 Å². The number of alkyl halides is 3. The van der Waals surface area contributed by atoms with Crippen molar-refractivity contribution in [2.45, 2.75) is 6.18 Å². The third-order valence-electron chi connectivity index (χ3n) is 3.75. The van der Waals surface area contributed by atoms with Gasteiger partial charge in [0.25, 0.3) is 0 Å². The van der Waals surface area contributed by atoms with Crippen molar-refractivity contribution in [3.63, 3.8) is 0 Å². The molecule has 5 N–H and O–H groups in total. The van der Waals surface area contributed by atoms with Gasteiger partial charge in [-0.15, -0.1) is 0 Å². The molecule has 0 saturated heterocycles. The summed E-state index contributed by atoms with van der Waals surface area (Å²) in [4.78, 5) is 18.9. The fraction of sp³-hybridized carbons (Fsp3) is 0.0556. The van der Waals surface area contributed by atoms with Gasteiger partial charge in [0.2, 0.25) is 0 Å². The molecule has 0 spiro atoms. The highest BCUT2D eigenvalue weighted by Gasteiger charge is 2.29. The van der Waals surface area contributed by atoms with Crippen LogP contribution in [0.3, 0.4) is 0 Å². The minimum absolute atomic E-state index is 0.130. The monoisotopic (exact) mass is 389 g/mol. The summed E-state index contributed by atoms with van der Waals surface area (Å²) >= 11 is 0. The smallest absolute Gasteiger partial charge is 0.416 e. The van der Waals surface area contributed by atoms with Gasteiger partial charge in [0.15, 0.2) is 11.6 Å². The minimum Gasteiger partial charge on any atom is -0.478 e. The molecule has 0 saturated carbocycles. The third kappa shape index (κ3) is 4.29. The number of nitrogens with zero attached hydrogens (tertiary/aromatic N) is 2. The molecular formula is C18H14F3N5O2. The highest BCUT2D eigenvalue weighted by molar-refractivity contribution is 5.88. The molecule has 0 atom stereocenters. The minimum atomic E-state index is -4.42. The molecule has 10 heteroatoms. The zero-order valence-corrected chi connectivity index (χ0v) is 14.2. The average molecular weight is 389 g/mol. The Labute approximate surface area is 157 Å². The molecule has 3 rings (SSSR count). The number of nitrogens with one attached hydrogen (secondary N) is 2. The van der Waals surface area contributed by atoms with Gasteiger partial charge in [0, 0.05) is 11.4 Å². The molecule has 0 fully saturated rings. The topological polar surface area (TPSA) is 113 Å². The summed E-state index contributed by atoms with van der Waals surface area (Å²) in [6, 6.07) is 10.4. The van der Waals surface area contributed by atoms with Crippen molar-refractivity contribution in [3.8, 4) is 0 Å². The standard InChI is InChI=1S/C18H14F3N5O2/c19-18(20,21)11-3-7-13(8-4-11)26-16-14(22)15(23-9-24-16)25-12-5-1-10(2-6-12)17(27)28/h1-9H,22H2,(H,27,28)(H2,23,24,25,26). The van der Waals surface area contributed by atoms with E-state index in [0.29, 0.717) is 11.4 Å². The number of rotatable bonds is 5. The van der Waals surface area contributed by atoms with Crippen molar-refractivity contribution in [3.05, 3.63) is 66.0 Å². The number of aromatic nitrogens is 2. The number of carboxylic acid groups (broad SMARTS) is 1.